The number of hydrogen-bond acceptors (Lipinski definition) is 2. The molecule has 3 N–H and O–H groups in total. The second-order valence-electron chi connectivity index (χ2n) is 3.97. The zero-order valence-corrected chi connectivity index (χ0v) is 9.69. The fraction of sp³-hybridized carbons (Fsp3) is 1.00. The molecular weight excluding hydrogens is 160 g/mol. The minimum absolute atomic E-state index is 0.265. The quantitative estimate of drug-likeness (QED) is 0.662. The first kappa shape index (κ1) is 12.9. The molecule has 2 heteroatoms. The maximum absolute atomic E-state index is 5.65. The Bertz CT molecular complexity index is 117. The van der Waals surface area contributed by atoms with E-state index in [4.69, 9.17) is 5.73 Å². The van der Waals surface area contributed by atoms with Crippen LogP contribution in [0.15, 0.2) is 0 Å². The Kier molecular flexibility index (Phi) is 6.35. The fourth-order valence-corrected chi connectivity index (χ4v) is 1.85. The largest absolute Gasteiger partial charge is 0.316 e. The van der Waals surface area contributed by atoms with Gasteiger partial charge in [-0.1, -0.05) is 40.0 Å². The Morgan fingerprint density at radius 1 is 1.38 bits per heavy atom. The highest BCUT2D eigenvalue weighted by Crippen LogP contribution is 2.27. The molecule has 0 radical (unpaired) electrons. The van der Waals surface area contributed by atoms with E-state index in [0.717, 1.165) is 6.42 Å². The minimum Gasteiger partial charge on any atom is -0.316 e. The highest BCUT2D eigenvalue weighted by atomic mass is 15.2. The third-order valence-corrected chi connectivity index (χ3v) is 2.54. The van der Waals surface area contributed by atoms with E-state index in [1.807, 2.05) is 13.8 Å². The molecule has 2 unspecified atom stereocenters. The van der Waals surface area contributed by atoms with E-state index in [2.05, 4.69) is 19.2 Å². The summed E-state index contributed by atoms with van der Waals surface area (Å²) in [5.74, 6) is 0. The molecule has 1 saturated heterocycles. The summed E-state index contributed by atoms with van der Waals surface area (Å²) in [6.45, 7) is 8.51. The molecule has 2 atom stereocenters. The molecule has 80 valence electrons. The van der Waals surface area contributed by atoms with Crippen LogP contribution in [-0.2, 0) is 0 Å². The van der Waals surface area contributed by atoms with Crippen molar-refractivity contribution in [3.05, 3.63) is 0 Å². The van der Waals surface area contributed by atoms with Crippen molar-refractivity contribution in [1.82, 2.24) is 5.32 Å². The lowest BCUT2D eigenvalue weighted by molar-refractivity contribution is 0.143. The molecule has 0 saturated carbocycles. The first-order valence-corrected chi connectivity index (χ1v) is 5.69. The summed E-state index contributed by atoms with van der Waals surface area (Å²) in [4.78, 5) is 0. The van der Waals surface area contributed by atoms with Crippen LogP contribution in [0.3, 0.4) is 0 Å². The van der Waals surface area contributed by atoms with Crippen LogP contribution < -0.4 is 11.1 Å². The topological polar surface area (TPSA) is 38.0 Å². The summed E-state index contributed by atoms with van der Waals surface area (Å²) in [6.07, 6.45) is 6.70. The van der Waals surface area contributed by atoms with Crippen molar-refractivity contribution in [3.8, 4) is 0 Å². The second kappa shape index (κ2) is 6.39. The van der Waals surface area contributed by atoms with Gasteiger partial charge in [-0.3, -0.25) is 5.32 Å². The highest BCUT2D eigenvalue weighted by molar-refractivity contribution is 4.96. The van der Waals surface area contributed by atoms with Gasteiger partial charge in [0.05, 0.1) is 6.17 Å². The summed E-state index contributed by atoms with van der Waals surface area (Å²) < 4.78 is 0. The van der Waals surface area contributed by atoms with Gasteiger partial charge < -0.3 is 5.73 Å². The predicted octanol–water partition coefficient (Wildman–Crippen LogP) is 2.63. The predicted molar refractivity (Wildman–Crippen MR) is 59.6 cm³/mol. The molecule has 13 heavy (non-hydrogen) atoms. The van der Waals surface area contributed by atoms with Crippen LogP contribution in [0.4, 0.5) is 0 Å². The molecule has 0 aromatic carbocycles. The Hall–Kier alpha value is -0.0800. The van der Waals surface area contributed by atoms with Gasteiger partial charge in [0.15, 0.2) is 0 Å². The molecule has 2 nitrogen and oxygen atoms in total. The summed E-state index contributed by atoms with van der Waals surface area (Å²) in [5.41, 5.74) is 6.02. The van der Waals surface area contributed by atoms with Crippen molar-refractivity contribution in [3.63, 3.8) is 0 Å². The second-order valence-corrected chi connectivity index (χ2v) is 3.97. The Balaban J connectivity index is 0.000000671. The van der Waals surface area contributed by atoms with Gasteiger partial charge in [-0.25, -0.2) is 0 Å². The molecule has 1 fully saturated rings. The molecule has 0 amide bonds. The van der Waals surface area contributed by atoms with E-state index in [-0.39, 0.29) is 6.17 Å². The van der Waals surface area contributed by atoms with Crippen LogP contribution >= 0.6 is 0 Å². The number of nitrogens with one attached hydrogen (secondary N) is 1. The van der Waals surface area contributed by atoms with Gasteiger partial charge in [-0.2, -0.15) is 0 Å². The van der Waals surface area contributed by atoms with Crippen molar-refractivity contribution in [2.75, 3.05) is 0 Å². The van der Waals surface area contributed by atoms with E-state index >= 15 is 0 Å². The van der Waals surface area contributed by atoms with Gasteiger partial charge in [-0.05, 0) is 19.8 Å². The van der Waals surface area contributed by atoms with Crippen molar-refractivity contribution >= 4 is 0 Å². The first-order chi connectivity index (χ1) is 6.16. The number of rotatable bonds is 4. The first-order valence-electron chi connectivity index (χ1n) is 5.69. The molecule has 1 aliphatic heterocycles. The number of hydrogen-bond donors (Lipinski definition) is 2. The smallest absolute Gasteiger partial charge is 0.0568 e. The lowest BCUT2D eigenvalue weighted by Crippen LogP contribution is -2.65. The van der Waals surface area contributed by atoms with Gasteiger partial charge in [0.2, 0.25) is 0 Å². The normalized spacial score (nSPS) is 31.6. The Morgan fingerprint density at radius 2 is 1.92 bits per heavy atom. The van der Waals surface area contributed by atoms with Crippen molar-refractivity contribution in [2.24, 2.45) is 5.73 Å². The highest BCUT2D eigenvalue weighted by Gasteiger charge is 2.36. The lowest BCUT2D eigenvalue weighted by atomic mass is 9.83. The molecule has 0 aliphatic carbocycles. The SMILES string of the molecule is CC.CCCCCC1(C)CC(N)N1. The van der Waals surface area contributed by atoms with E-state index in [1.165, 1.54) is 25.7 Å². The minimum atomic E-state index is 0.265. The average molecular weight is 186 g/mol. The zero-order valence-electron chi connectivity index (χ0n) is 9.69. The van der Waals surface area contributed by atoms with Gasteiger partial charge in [0.25, 0.3) is 0 Å². The molecule has 1 heterocycles. The van der Waals surface area contributed by atoms with Crippen LogP contribution in [0, 0.1) is 0 Å². The van der Waals surface area contributed by atoms with Gasteiger partial charge in [-0.15, -0.1) is 0 Å². The van der Waals surface area contributed by atoms with Crippen molar-refractivity contribution < 1.29 is 0 Å². The lowest BCUT2D eigenvalue weighted by Gasteiger charge is -2.45. The standard InChI is InChI=1S/C9H20N2.C2H6/c1-3-4-5-6-9(2)7-8(10)11-9;1-2/h8,11H,3-7,10H2,1-2H3;1-2H3. The summed E-state index contributed by atoms with van der Waals surface area (Å²) in [6, 6.07) is 0. The molecule has 1 rings (SSSR count). The molecular formula is C11H26N2. The number of nitrogens with two attached hydrogens (primary N) is 1. The van der Waals surface area contributed by atoms with Crippen molar-refractivity contribution in [1.29, 1.82) is 0 Å². The Morgan fingerprint density at radius 3 is 2.31 bits per heavy atom. The van der Waals surface area contributed by atoms with E-state index in [0.29, 0.717) is 5.54 Å². The molecule has 0 aromatic heterocycles. The zero-order chi connectivity index (χ0) is 10.3. The maximum atomic E-state index is 5.65. The van der Waals surface area contributed by atoms with Crippen LogP contribution in [0.1, 0.15) is 59.8 Å². The maximum Gasteiger partial charge on any atom is 0.0568 e. The fourth-order valence-electron chi connectivity index (χ4n) is 1.85. The molecule has 0 bridgehead atoms. The van der Waals surface area contributed by atoms with E-state index in [9.17, 15) is 0 Å². The summed E-state index contributed by atoms with van der Waals surface area (Å²) in [7, 11) is 0. The van der Waals surface area contributed by atoms with Crippen LogP contribution in [-0.4, -0.2) is 11.7 Å². The van der Waals surface area contributed by atoms with Crippen LogP contribution in [0.5, 0.6) is 0 Å². The van der Waals surface area contributed by atoms with Gasteiger partial charge in [0.1, 0.15) is 0 Å². The third-order valence-electron chi connectivity index (χ3n) is 2.54. The van der Waals surface area contributed by atoms with Gasteiger partial charge >= 0.3 is 0 Å². The molecule has 1 aliphatic rings. The van der Waals surface area contributed by atoms with E-state index in [1.54, 1.807) is 0 Å². The van der Waals surface area contributed by atoms with E-state index < -0.39 is 0 Å². The third kappa shape index (κ3) is 4.63. The number of unbranched alkanes of at least 4 members (excludes halogenated alkanes) is 2. The Labute approximate surface area is 83.3 Å². The average Bonchev–Trinajstić information content (AvgIpc) is 2.06. The van der Waals surface area contributed by atoms with Crippen LogP contribution in [0.25, 0.3) is 0 Å². The summed E-state index contributed by atoms with van der Waals surface area (Å²) in [5, 5.41) is 3.36. The monoisotopic (exact) mass is 186 g/mol. The van der Waals surface area contributed by atoms with Gasteiger partial charge in [0, 0.05) is 5.54 Å². The molecule has 0 spiro atoms. The summed E-state index contributed by atoms with van der Waals surface area (Å²) >= 11 is 0. The van der Waals surface area contributed by atoms with Crippen molar-refractivity contribution in [2.45, 2.75) is 71.5 Å². The van der Waals surface area contributed by atoms with Crippen LogP contribution in [0.2, 0.25) is 0 Å². The molecule has 0 aromatic rings.